The summed E-state index contributed by atoms with van der Waals surface area (Å²) in [6.07, 6.45) is 6.27. The van der Waals surface area contributed by atoms with Gasteiger partial charge in [0.05, 0.1) is 15.0 Å². The second kappa shape index (κ2) is 6.05. The van der Waals surface area contributed by atoms with Crippen molar-refractivity contribution in [3.8, 4) is 0 Å². The van der Waals surface area contributed by atoms with Crippen LogP contribution in [0.25, 0.3) is 0 Å². The number of halogens is 1. The zero-order chi connectivity index (χ0) is 14.8. The number of anilines is 1. The Balaban J connectivity index is 2.12. The third-order valence-corrected chi connectivity index (χ3v) is 4.34. The molecular formula is C13H18BrN3O3. The normalized spacial score (nSPS) is 26.2. The van der Waals surface area contributed by atoms with Gasteiger partial charge >= 0.3 is 5.69 Å². The van der Waals surface area contributed by atoms with Crippen LogP contribution < -0.4 is 5.32 Å². The van der Waals surface area contributed by atoms with E-state index in [9.17, 15) is 15.2 Å². The summed E-state index contributed by atoms with van der Waals surface area (Å²) in [4.78, 5) is 14.3. The molecule has 1 aromatic rings. The average Bonchev–Trinajstić information content (AvgIpc) is 2.36. The molecular weight excluding hydrogens is 326 g/mol. The van der Waals surface area contributed by atoms with E-state index in [0.717, 1.165) is 25.7 Å². The van der Waals surface area contributed by atoms with Crippen LogP contribution >= 0.6 is 15.9 Å². The van der Waals surface area contributed by atoms with E-state index in [2.05, 4.69) is 33.2 Å². The van der Waals surface area contributed by atoms with Crippen molar-refractivity contribution in [2.45, 2.75) is 38.2 Å². The van der Waals surface area contributed by atoms with Crippen LogP contribution in [0.4, 0.5) is 11.4 Å². The molecule has 0 amide bonds. The summed E-state index contributed by atoms with van der Waals surface area (Å²) in [7, 11) is 0. The van der Waals surface area contributed by atoms with Crippen LogP contribution in [0, 0.1) is 16.0 Å². The zero-order valence-corrected chi connectivity index (χ0v) is 12.9. The molecule has 1 heterocycles. The largest absolute Gasteiger partial charge is 0.388 e. The molecule has 7 heteroatoms. The Bertz CT molecular complexity index is 512. The summed E-state index contributed by atoms with van der Waals surface area (Å²) in [5, 5.41) is 24.6. The molecule has 6 nitrogen and oxygen atoms in total. The molecule has 20 heavy (non-hydrogen) atoms. The van der Waals surface area contributed by atoms with E-state index in [1.807, 2.05) is 0 Å². The predicted molar refractivity (Wildman–Crippen MR) is 79.7 cm³/mol. The number of aliphatic hydroxyl groups is 1. The number of aromatic nitrogens is 1. The minimum Gasteiger partial charge on any atom is -0.388 e. The van der Waals surface area contributed by atoms with Gasteiger partial charge < -0.3 is 10.4 Å². The summed E-state index contributed by atoms with van der Waals surface area (Å²) in [6, 6.07) is 0. The van der Waals surface area contributed by atoms with Crippen molar-refractivity contribution < 1.29 is 10.0 Å². The number of hydrogen-bond acceptors (Lipinski definition) is 5. The number of nitro groups is 1. The fourth-order valence-corrected chi connectivity index (χ4v) is 3.25. The third kappa shape index (κ3) is 3.46. The van der Waals surface area contributed by atoms with Crippen molar-refractivity contribution in [2.24, 2.45) is 5.92 Å². The van der Waals surface area contributed by atoms with Gasteiger partial charge in [-0.05, 0) is 34.7 Å². The molecule has 2 rings (SSSR count). The van der Waals surface area contributed by atoms with Crippen LogP contribution in [0.5, 0.6) is 0 Å². The number of rotatable bonds is 4. The van der Waals surface area contributed by atoms with Gasteiger partial charge in [0.15, 0.2) is 0 Å². The standard InChI is InChI=1S/C13H18BrN3O3/c1-9-3-2-4-13(18,5-9)8-16-12-10(14)6-15-7-11(12)17(19)20/h6-7,9,18H,2-5,8H2,1H3,(H,15,16). The van der Waals surface area contributed by atoms with E-state index in [-0.39, 0.29) is 5.69 Å². The molecule has 0 aromatic carbocycles. The molecule has 1 aliphatic carbocycles. The zero-order valence-electron chi connectivity index (χ0n) is 11.3. The Labute approximate surface area is 125 Å². The highest BCUT2D eigenvalue weighted by molar-refractivity contribution is 9.10. The van der Waals surface area contributed by atoms with Crippen LogP contribution in [-0.2, 0) is 0 Å². The first-order valence-corrected chi connectivity index (χ1v) is 7.45. The van der Waals surface area contributed by atoms with E-state index in [4.69, 9.17) is 0 Å². The summed E-state index contributed by atoms with van der Waals surface area (Å²) in [5.41, 5.74) is -0.516. The second-order valence-corrected chi connectivity index (χ2v) is 6.41. The maximum absolute atomic E-state index is 11.0. The molecule has 2 N–H and O–H groups in total. The van der Waals surface area contributed by atoms with E-state index in [0.29, 0.717) is 22.6 Å². The van der Waals surface area contributed by atoms with Crippen LogP contribution in [0.2, 0.25) is 0 Å². The van der Waals surface area contributed by atoms with Gasteiger partial charge in [-0.2, -0.15) is 0 Å². The van der Waals surface area contributed by atoms with E-state index >= 15 is 0 Å². The van der Waals surface area contributed by atoms with E-state index < -0.39 is 10.5 Å². The molecule has 1 aromatic heterocycles. The molecule has 1 saturated carbocycles. The smallest absolute Gasteiger partial charge is 0.311 e. The van der Waals surface area contributed by atoms with E-state index in [1.54, 1.807) is 0 Å². The third-order valence-electron chi connectivity index (χ3n) is 3.74. The maximum atomic E-state index is 11.0. The molecule has 2 atom stereocenters. The lowest BCUT2D eigenvalue weighted by Crippen LogP contribution is -2.41. The summed E-state index contributed by atoms with van der Waals surface area (Å²) in [6.45, 7) is 2.43. The maximum Gasteiger partial charge on any atom is 0.311 e. The Hall–Kier alpha value is -1.21. The van der Waals surface area contributed by atoms with Crippen molar-refractivity contribution in [1.29, 1.82) is 0 Å². The molecule has 0 saturated heterocycles. The Morgan fingerprint density at radius 2 is 2.40 bits per heavy atom. The number of nitrogens with zero attached hydrogens (tertiary/aromatic N) is 2. The highest BCUT2D eigenvalue weighted by Crippen LogP contribution is 2.35. The molecule has 0 spiro atoms. The second-order valence-electron chi connectivity index (χ2n) is 5.55. The quantitative estimate of drug-likeness (QED) is 0.647. The lowest BCUT2D eigenvalue weighted by atomic mass is 9.79. The molecule has 0 bridgehead atoms. The van der Waals surface area contributed by atoms with Gasteiger partial charge in [0.25, 0.3) is 0 Å². The Kier molecular flexibility index (Phi) is 4.59. The highest BCUT2D eigenvalue weighted by atomic mass is 79.9. The van der Waals surface area contributed by atoms with Crippen LogP contribution in [0.3, 0.4) is 0 Å². The van der Waals surface area contributed by atoms with Crippen LogP contribution in [0.15, 0.2) is 16.9 Å². The lowest BCUT2D eigenvalue weighted by Gasteiger charge is -2.35. The summed E-state index contributed by atoms with van der Waals surface area (Å²) < 4.78 is 0.527. The van der Waals surface area contributed by atoms with Gasteiger partial charge in [-0.25, -0.2) is 0 Å². The average molecular weight is 344 g/mol. The first kappa shape index (κ1) is 15.2. The van der Waals surface area contributed by atoms with Gasteiger partial charge in [-0.1, -0.05) is 19.8 Å². The molecule has 2 unspecified atom stereocenters. The first-order valence-electron chi connectivity index (χ1n) is 6.65. The minimum atomic E-state index is -0.797. The first-order chi connectivity index (χ1) is 9.41. The topological polar surface area (TPSA) is 88.3 Å². The van der Waals surface area contributed by atoms with Gasteiger partial charge in [0, 0.05) is 12.7 Å². The SMILES string of the molecule is CC1CCCC(O)(CNc2c(Br)cncc2[N+](=O)[O-])C1. The molecule has 110 valence electrons. The number of hydrogen-bond donors (Lipinski definition) is 2. The highest BCUT2D eigenvalue weighted by Gasteiger charge is 2.33. The summed E-state index contributed by atoms with van der Waals surface area (Å²) >= 11 is 3.26. The van der Waals surface area contributed by atoms with Crippen molar-refractivity contribution in [3.63, 3.8) is 0 Å². The van der Waals surface area contributed by atoms with Crippen molar-refractivity contribution >= 4 is 27.3 Å². The van der Waals surface area contributed by atoms with Gasteiger partial charge in [0.2, 0.25) is 0 Å². The summed E-state index contributed by atoms with van der Waals surface area (Å²) in [5.74, 6) is 0.478. The molecule has 0 radical (unpaired) electrons. The number of pyridine rings is 1. The van der Waals surface area contributed by atoms with Crippen molar-refractivity contribution in [3.05, 3.63) is 27.0 Å². The van der Waals surface area contributed by atoms with E-state index in [1.165, 1.54) is 12.4 Å². The molecule has 1 aliphatic rings. The molecule has 1 fully saturated rings. The van der Waals surface area contributed by atoms with Crippen LogP contribution in [-0.4, -0.2) is 27.2 Å². The lowest BCUT2D eigenvalue weighted by molar-refractivity contribution is -0.384. The van der Waals surface area contributed by atoms with Crippen molar-refractivity contribution in [1.82, 2.24) is 4.98 Å². The van der Waals surface area contributed by atoms with Crippen LogP contribution in [0.1, 0.15) is 32.6 Å². The predicted octanol–water partition coefficient (Wildman–Crippen LogP) is 3.11. The fourth-order valence-electron chi connectivity index (χ4n) is 2.78. The van der Waals surface area contributed by atoms with Gasteiger partial charge in [0.1, 0.15) is 11.9 Å². The monoisotopic (exact) mass is 343 g/mol. The Morgan fingerprint density at radius 1 is 1.65 bits per heavy atom. The van der Waals surface area contributed by atoms with Gasteiger partial charge in [-0.15, -0.1) is 0 Å². The minimum absolute atomic E-state index is 0.0909. The Morgan fingerprint density at radius 3 is 3.05 bits per heavy atom. The van der Waals surface area contributed by atoms with Gasteiger partial charge in [-0.3, -0.25) is 15.1 Å². The molecule has 0 aliphatic heterocycles. The fraction of sp³-hybridized carbons (Fsp3) is 0.615. The van der Waals surface area contributed by atoms with Crippen molar-refractivity contribution in [2.75, 3.05) is 11.9 Å². The number of nitrogens with one attached hydrogen (secondary N) is 1.